The molecule has 0 radical (unpaired) electrons. The molecule has 1 N–H and O–H groups in total. The van der Waals surface area contributed by atoms with E-state index in [9.17, 15) is 0 Å². The van der Waals surface area contributed by atoms with Crippen LogP contribution in [0.25, 0.3) is 0 Å². The van der Waals surface area contributed by atoms with Crippen LogP contribution in [-0.4, -0.2) is 49.8 Å². The van der Waals surface area contributed by atoms with Crippen molar-refractivity contribution >= 4 is 0 Å². The molecule has 0 bridgehead atoms. The number of likely N-dealkylation sites (N-methyl/N-ethyl adjacent to an activating group) is 1. The molecule has 0 spiro atoms. The minimum Gasteiger partial charge on any atom is -0.378 e. The highest BCUT2D eigenvalue weighted by molar-refractivity contribution is 4.83. The van der Waals surface area contributed by atoms with Crippen LogP contribution >= 0.6 is 0 Å². The molecule has 2 aliphatic rings. The van der Waals surface area contributed by atoms with Gasteiger partial charge in [-0.05, 0) is 45.2 Å². The van der Waals surface area contributed by atoms with E-state index in [-0.39, 0.29) is 0 Å². The van der Waals surface area contributed by atoms with E-state index in [0.29, 0.717) is 12.0 Å². The average Bonchev–Trinajstić information content (AvgIpc) is 2.82. The van der Waals surface area contributed by atoms with Gasteiger partial charge in [0.05, 0.1) is 6.10 Å². The van der Waals surface area contributed by atoms with E-state index in [1.165, 1.54) is 38.8 Å². The molecule has 3 atom stereocenters. The van der Waals surface area contributed by atoms with Crippen LogP contribution in [0.5, 0.6) is 0 Å². The molecule has 0 saturated carbocycles. The van der Waals surface area contributed by atoms with E-state index in [1.807, 2.05) is 0 Å². The first kappa shape index (κ1) is 13.3. The number of ether oxygens (including phenoxy) is 1. The zero-order valence-electron chi connectivity index (χ0n) is 11.6. The Morgan fingerprint density at radius 2 is 2.18 bits per heavy atom. The van der Waals surface area contributed by atoms with Gasteiger partial charge in [-0.1, -0.05) is 13.8 Å². The van der Waals surface area contributed by atoms with Crippen LogP contribution in [0.2, 0.25) is 0 Å². The lowest BCUT2D eigenvalue weighted by Gasteiger charge is -2.38. The average molecular weight is 240 g/mol. The van der Waals surface area contributed by atoms with Gasteiger partial charge >= 0.3 is 0 Å². The molecule has 0 aliphatic carbocycles. The van der Waals surface area contributed by atoms with E-state index in [4.69, 9.17) is 4.74 Å². The molecule has 2 rings (SSSR count). The van der Waals surface area contributed by atoms with Gasteiger partial charge in [-0.3, -0.25) is 0 Å². The first-order valence-electron chi connectivity index (χ1n) is 7.22. The topological polar surface area (TPSA) is 24.5 Å². The third kappa shape index (κ3) is 3.67. The highest BCUT2D eigenvalue weighted by atomic mass is 16.5. The summed E-state index contributed by atoms with van der Waals surface area (Å²) in [6.45, 7) is 7.89. The number of nitrogens with zero attached hydrogens (tertiary/aromatic N) is 1. The van der Waals surface area contributed by atoms with E-state index in [1.54, 1.807) is 0 Å². The molecule has 2 fully saturated rings. The van der Waals surface area contributed by atoms with Gasteiger partial charge in [-0.25, -0.2) is 0 Å². The second-order valence-electron chi connectivity index (χ2n) is 6.06. The molecule has 100 valence electrons. The number of hydrogen-bond acceptors (Lipinski definition) is 3. The summed E-state index contributed by atoms with van der Waals surface area (Å²) in [6.07, 6.45) is 5.57. The Bertz CT molecular complexity index is 226. The minimum atomic E-state index is 0.465. The van der Waals surface area contributed by atoms with E-state index in [0.717, 1.165) is 18.7 Å². The molecule has 0 amide bonds. The molecule has 0 aromatic heterocycles. The van der Waals surface area contributed by atoms with Gasteiger partial charge in [0.1, 0.15) is 0 Å². The standard InChI is InChI=1S/C14H28N2O/c1-11(2)14-9-13(6-8-17-14)16(3)10-12-5-4-7-15-12/h11-15H,4-10H2,1-3H3. The SMILES string of the molecule is CC(C)C1CC(N(C)CC2CCCN2)CCO1. The Morgan fingerprint density at radius 1 is 1.35 bits per heavy atom. The lowest BCUT2D eigenvalue weighted by molar-refractivity contribution is -0.0450. The van der Waals surface area contributed by atoms with Crippen LogP contribution < -0.4 is 5.32 Å². The molecule has 2 saturated heterocycles. The summed E-state index contributed by atoms with van der Waals surface area (Å²) >= 11 is 0. The third-order valence-corrected chi connectivity index (χ3v) is 4.33. The fourth-order valence-electron chi connectivity index (χ4n) is 3.08. The molecule has 2 aliphatic heterocycles. The Kier molecular flexibility index (Phi) is 4.83. The Morgan fingerprint density at radius 3 is 2.82 bits per heavy atom. The molecule has 2 heterocycles. The fraction of sp³-hybridized carbons (Fsp3) is 1.00. The molecule has 0 aromatic carbocycles. The van der Waals surface area contributed by atoms with E-state index in [2.05, 4.69) is 31.1 Å². The Balaban J connectivity index is 1.79. The Labute approximate surface area is 106 Å². The normalized spacial score (nSPS) is 34.8. The lowest BCUT2D eigenvalue weighted by Crippen LogP contribution is -2.46. The number of hydrogen-bond donors (Lipinski definition) is 1. The van der Waals surface area contributed by atoms with Crippen LogP contribution in [-0.2, 0) is 4.74 Å². The summed E-state index contributed by atoms with van der Waals surface area (Å²) in [6, 6.07) is 1.44. The summed E-state index contributed by atoms with van der Waals surface area (Å²) in [7, 11) is 2.29. The highest BCUT2D eigenvalue weighted by Crippen LogP contribution is 2.23. The first-order valence-corrected chi connectivity index (χ1v) is 7.22. The van der Waals surface area contributed by atoms with Gasteiger partial charge in [0.15, 0.2) is 0 Å². The van der Waals surface area contributed by atoms with Crippen molar-refractivity contribution in [2.75, 3.05) is 26.7 Å². The predicted octanol–water partition coefficient (Wildman–Crippen LogP) is 1.87. The molecule has 3 unspecified atom stereocenters. The number of rotatable bonds is 4. The maximum absolute atomic E-state index is 5.85. The first-order chi connectivity index (χ1) is 8.16. The molecule has 3 nitrogen and oxygen atoms in total. The maximum Gasteiger partial charge on any atom is 0.0612 e. The highest BCUT2D eigenvalue weighted by Gasteiger charge is 2.28. The summed E-state index contributed by atoms with van der Waals surface area (Å²) in [5, 5.41) is 3.59. The zero-order chi connectivity index (χ0) is 12.3. The second kappa shape index (κ2) is 6.17. The Hall–Kier alpha value is -0.120. The van der Waals surface area contributed by atoms with Gasteiger partial charge in [0, 0.05) is 25.2 Å². The van der Waals surface area contributed by atoms with Crippen LogP contribution in [0, 0.1) is 5.92 Å². The third-order valence-electron chi connectivity index (χ3n) is 4.33. The maximum atomic E-state index is 5.85. The van der Waals surface area contributed by atoms with Crippen molar-refractivity contribution in [1.82, 2.24) is 10.2 Å². The fourth-order valence-corrected chi connectivity index (χ4v) is 3.08. The summed E-state index contributed by atoms with van der Waals surface area (Å²) in [4.78, 5) is 2.56. The van der Waals surface area contributed by atoms with Gasteiger partial charge in [-0.15, -0.1) is 0 Å². The van der Waals surface area contributed by atoms with Crippen molar-refractivity contribution in [3.8, 4) is 0 Å². The summed E-state index contributed by atoms with van der Waals surface area (Å²) in [5.41, 5.74) is 0. The van der Waals surface area contributed by atoms with Gasteiger partial charge < -0.3 is 15.0 Å². The van der Waals surface area contributed by atoms with Gasteiger partial charge in [-0.2, -0.15) is 0 Å². The van der Waals surface area contributed by atoms with Crippen LogP contribution in [0.15, 0.2) is 0 Å². The lowest BCUT2D eigenvalue weighted by atomic mass is 9.94. The quantitative estimate of drug-likeness (QED) is 0.812. The van der Waals surface area contributed by atoms with Gasteiger partial charge in [0.2, 0.25) is 0 Å². The monoisotopic (exact) mass is 240 g/mol. The van der Waals surface area contributed by atoms with Crippen LogP contribution in [0.4, 0.5) is 0 Å². The van der Waals surface area contributed by atoms with E-state index < -0.39 is 0 Å². The molecule has 3 heteroatoms. The molecule has 17 heavy (non-hydrogen) atoms. The zero-order valence-corrected chi connectivity index (χ0v) is 11.6. The molecular weight excluding hydrogens is 212 g/mol. The van der Waals surface area contributed by atoms with Crippen molar-refractivity contribution < 1.29 is 4.74 Å². The van der Waals surface area contributed by atoms with E-state index >= 15 is 0 Å². The summed E-state index contributed by atoms with van der Waals surface area (Å²) < 4.78 is 5.85. The van der Waals surface area contributed by atoms with Crippen molar-refractivity contribution in [2.24, 2.45) is 5.92 Å². The predicted molar refractivity (Wildman–Crippen MR) is 71.3 cm³/mol. The molecular formula is C14H28N2O. The van der Waals surface area contributed by atoms with Crippen molar-refractivity contribution in [3.05, 3.63) is 0 Å². The largest absolute Gasteiger partial charge is 0.378 e. The van der Waals surface area contributed by atoms with Crippen molar-refractivity contribution in [2.45, 2.75) is 57.7 Å². The van der Waals surface area contributed by atoms with Crippen LogP contribution in [0.3, 0.4) is 0 Å². The molecule has 0 aromatic rings. The smallest absolute Gasteiger partial charge is 0.0612 e. The second-order valence-corrected chi connectivity index (χ2v) is 6.06. The van der Waals surface area contributed by atoms with Crippen molar-refractivity contribution in [1.29, 1.82) is 0 Å². The van der Waals surface area contributed by atoms with Crippen molar-refractivity contribution in [3.63, 3.8) is 0 Å². The van der Waals surface area contributed by atoms with Crippen LogP contribution in [0.1, 0.15) is 39.5 Å². The minimum absolute atomic E-state index is 0.465. The number of nitrogens with one attached hydrogen (secondary N) is 1. The van der Waals surface area contributed by atoms with Gasteiger partial charge in [0.25, 0.3) is 0 Å². The summed E-state index contributed by atoms with van der Waals surface area (Å²) in [5.74, 6) is 0.649.